The smallest absolute Gasteiger partial charge is 0.480 e. The van der Waals surface area contributed by atoms with Gasteiger partial charge in [-0.15, -0.1) is 0 Å². The number of hydrogen-bond acceptors (Lipinski definition) is 9. The summed E-state index contributed by atoms with van der Waals surface area (Å²) in [6, 6.07) is 3.02. The van der Waals surface area contributed by atoms with E-state index >= 15 is 0 Å². The zero-order chi connectivity index (χ0) is 27.7. The molecule has 0 radical (unpaired) electrons. The Labute approximate surface area is 212 Å². The van der Waals surface area contributed by atoms with Crippen LogP contribution in [0.25, 0.3) is 0 Å². The molecule has 3 unspecified atom stereocenters. The van der Waals surface area contributed by atoms with Gasteiger partial charge in [0.15, 0.2) is 11.5 Å². The highest BCUT2D eigenvalue weighted by Gasteiger charge is 2.33. The third kappa shape index (κ3) is 9.14. The first-order valence-corrected chi connectivity index (χ1v) is 12.0. The van der Waals surface area contributed by atoms with Crippen LogP contribution in [0.4, 0.5) is 4.79 Å². The fourth-order valence-corrected chi connectivity index (χ4v) is 3.02. The Morgan fingerprint density at radius 2 is 1.39 bits per heavy atom. The predicted molar refractivity (Wildman–Crippen MR) is 132 cm³/mol. The normalized spacial score (nSPS) is 14.7. The van der Waals surface area contributed by atoms with Crippen molar-refractivity contribution in [3.63, 3.8) is 0 Å². The van der Waals surface area contributed by atoms with E-state index < -0.39 is 53.8 Å². The van der Waals surface area contributed by atoms with Gasteiger partial charge in [0.2, 0.25) is 0 Å². The highest BCUT2D eigenvalue weighted by Crippen LogP contribution is 2.36. The molecule has 36 heavy (non-hydrogen) atoms. The monoisotopic (exact) mass is 509 g/mol. The zero-order valence-corrected chi connectivity index (χ0v) is 22.3. The van der Waals surface area contributed by atoms with Crippen molar-refractivity contribution >= 4 is 24.1 Å². The maximum atomic E-state index is 12.3. The Kier molecular flexibility index (Phi) is 11.9. The van der Waals surface area contributed by atoms with Crippen LogP contribution in [0.3, 0.4) is 0 Å². The lowest BCUT2D eigenvalue weighted by atomic mass is 9.82. The molecule has 0 aromatic heterocycles. The molecule has 1 aromatic carbocycles. The third-order valence-corrected chi connectivity index (χ3v) is 5.69. The van der Waals surface area contributed by atoms with Crippen molar-refractivity contribution in [2.45, 2.75) is 73.5 Å². The van der Waals surface area contributed by atoms with E-state index in [0.29, 0.717) is 5.56 Å². The van der Waals surface area contributed by atoms with Gasteiger partial charge in [-0.05, 0) is 36.5 Å². The lowest BCUT2D eigenvalue weighted by Gasteiger charge is -2.28. The molecule has 0 aliphatic carbocycles. The molecule has 0 saturated carbocycles. The van der Waals surface area contributed by atoms with Crippen LogP contribution in [0, 0.1) is 23.7 Å². The van der Waals surface area contributed by atoms with E-state index in [0.717, 1.165) is 0 Å². The second-order valence-corrected chi connectivity index (χ2v) is 9.85. The van der Waals surface area contributed by atoms with Gasteiger partial charge in [-0.3, -0.25) is 14.4 Å². The van der Waals surface area contributed by atoms with Gasteiger partial charge in [-0.2, -0.15) is 0 Å². The summed E-state index contributed by atoms with van der Waals surface area (Å²) in [4.78, 5) is 48.3. The number of ether oxygens (including phenoxy) is 4. The molecule has 0 saturated heterocycles. The molecule has 3 N–H and O–H groups in total. The molecule has 0 aliphatic heterocycles. The maximum Gasteiger partial charge on any atom is 0.508 e. The summed E-state index contributed by atoms with van der Waals surface area (Å²) < 4.78 is 21.2. The maximum absolute atomic E-state index is 12.3. The van der Waals surface area contributed by atoms with E-state index in [4.69, 9.17) is 24.7 Å². The first-order valence-electron chi connectivity index (χ1n) is 12.0. The van der Waals surface area contributed by atoms with E-state index in [2.05, 4.69) is 0 Å². The minimum atomic E-state index is -1.37. The van der Waals surface area contributed by atoms with E-state index in [-0.39, 0.29) is 30.1 Å². The second kappa shape index (κ2) is 13.8. The molecule has 0 fully saturated rings. The largest absolute Gasteiger partial charge is 0.508 e. The summed E-state index contributed by atoms with van der Waals surface area (Å²) in [5.74, 6) is -4.58. The summed E-state index contributed by atoms with van der Waals surface area (Å²) in [6.07, 6.45) is -1.22. The molecule has 202 valence electrons. The first kappa shape index (κ1) is 30.9. The number of hydrogen-bond donors (Lipinski definition) is 2. The number of rotatable bonds is 12. The minimum absolute atomic E-state index is 0.0178. The molecule has 4 atom stereocenters. The van der Waals surface area contributed by atoms with Gasteiger partial charge in [0.25, 0.3) is 0 Å². The molecular weight excluding hydrogens is 470 g/mol. The number of carboxylic acid groups (broad SMARTS) is 1. The number of carboxylic acids is 1. The minimum Gasteiger partial charge on any atom is -0.480 e. The summed E-state index contributed by atoms with van der Waals surface area (Å²) in [6.45, 7) is 13.7. The molecule has 0 aliphatic rings. The van der Waals surface area contributed by atoms with Crippen molar-refractivity contribution < 1.29 is 43.2 Å². The molecule has 1 rings (SSSR count). The van der Waals surface area contributed by atoms with E-state index in [1.54, 1.807) is 47.6 Å². The van der Waals surface area contributed by atoms with E-state index in [1.807, 2.05) is 13.8 Å². The van der Waals surface area contributed by atoms with Crippen molar-refractivity contribution in [3.05, 3.63) is 23.8 Å². The highest BCUT2D eigenvalue weighted by molar-refractivity contribution is 5.78. The molecule has 0 heterocycles. The predicted octanol–water partition coefficient (Wildman–Crippen LogP) is 4.14. The van der Waals surface area contributed by atoms with Gasteiger partial charge in [0.05, 0.1) is 18.4 Å². The lowest BCUT2D eigenvalue weighted by Crippen LogP contribution is -2.40. The quantitative estimate of drug-likeness (QED) is 0.311. The number of carbonyl (C=O) groups excluding carboxylic acids is 3. The van der Waals surface area contributed by atoms with E-state index in [1.165, 1.54) is 12.1 Å². The molecule has 0 bridgehead atoms. The van der Waals surface area contributed by atoms with Gasteiger partial charge in [-0.25, -0.2) is 4.79 Å². The van der Waals surface area contributed by atoms with Crippen molar-refractivity contribution in [1.29, 1.82) is 0 Å². The van der Waals surface area contributed by atoms with Gasteiger partial charge in [-0.1, -0.05) is 54.5 Å². The van der Waals surface area contributed by atoms with Gasteiger partial charge in [0, 0.05) is 5.92 Å². The van der Waals surface area contributed by atoms with Crippen molar-refractivity contribution in [1.82, 2.24) is 0 Å². The standard InChI is InChI=1S/C26H39NO9/c1-13(2)17(8)34-26(32)33-12-16(7)21(22(27)23(28)29)18-9-10-19(35-24(30)14(3)4)20(11-18)36-25(31)15(5)6/h9-11,13-17,21-22H,12,27H2,1-8H3,(H,28,29)/t16?,17?,21?,22-/m0/s1. The van der Waals surface area contributed by atoms with Crippen LogP contribution < -0.4 is 15.2 Å². The van der Waals surface area contributed by atoms with Gasteiger partial charge >= 0.3 is 24.1 Å². The first-order chi connectivity index (χ1) is 16.6. The molecule has 1 aromatic rings. The molecule has 10 heteroatoms. The third-order valence-electron chi connectivity index (χ3n) is 5.69. The fraction of sp³-hybridized carbons (Fsp3) is 0.615. The van der Waals surface area contributed by atoms with Crippen LogP contribution in [0.1, 0.15) is 66.9 Å². The number of esters is 2. The number of benzene rings is 1. The summed E-state index contributed by atoms with van der Waals surface area (Å²) in [5, 5.41) is 9.63. The van der Waals surface area contributed by atoms with E-state index in [9.17, 15) is 24.3 Å². The Morgan fingerprint density at radius 1 is 0.861 bits per heavy atom. The number of aliphatic carboxylic acids is 1. The average Bonchev–Trinajstić information content (AvgIpc) is 2.78. The Bertz CT molecular complexity index is 926. The van der Waals surface area contributed by atoms with Crippen LogP contribution in [-0.2, 0) is 23.9 Å². The zero-order valence-electron chi connectivity index (χ0n) is 22.3. The molecule has 10 nitrogen and oxygen atoms in total. The topological polar surface area (TPSA) is 151 Å². The average molecular weight is 510 g/mol. The van der Waals surface area contributed by atoms with Crippen LogP contribution in [0.2, 0.25) is 0 Å². The van der Waals surface area contributed by atoms with Gasteiger partial charge < -0.3 is 29.8 Å². The second-order valence-electron chi connectivity index (χ2n) is 9.85. The highest BCUT2D eigenvalue weighted by atomic mass is 16.7. The van der Waals surface area contributed by atoms with Crippen LogP contribution in [-0.4, -0.2) is 47.9 Å². The summed E-state index contributed by atoms with van der Waals surface area (Å²) in [5.41, 5.74) is 6.42. The van der Waals surface area contributed by atoms with Crippen LogP contribution >= 0.6 is 0 Å². The Balaban J connectivity index is 3.31. The summed E-state index contributed by atoms with van der Waals surface area (Å²) in [7, 11) is 0. The van der Waals surface area contributed by atoms with Crippen LogP contribution in [0.5, 0.6) is 11.5 Å². The Hall–Kier alpha value is -3.14. The molecule has 0 spiro atoms. The SMILES string of the molecule is CC(C)C(=O)Oc1ccc(C(C(C)COC(=O)OC(C)C(C)C)[C@H](N)C(=O)O)cc1OC(=O)C(C)C. The number of nitrogens with two attached hydrogens (primary N) is 1. The molecule has 0 amide bonds. The van der Waals surface area contributed by atoms with Crippen molar-refractivity contribution in [3.8, 4) is 11.5 Å². The Morgan fingerprint density at radius 3 is 1.86 bits per heavy atom. The van der Waals surface area contributed by atoms with Crippen LogP contribution in [0.15, 0.2) is 18.2 Å². The molecular formula is C26H39NO9. The van der Waals surface area contributed by atoms with Crippen molar-refractivity contribution in [2.24, 2.45) is 29.4 Å². The fourth-order valence-electron chi connectivity index (χ4n) is 3.02. The summed E-state index contributed by atoms with van der Waals surface area (Å²) >= 11 is 0. The number of carbonyl (C=O) groups is 4. The van der Waals surface area contributed by atoms with Crippen molar-refractivity contribution in [2.75, 3.05) is 6.61 Å². The lowest BCUT2D eigenvalue weighted by molar-refractivity contribution is -0.140. The van der Waals surface area contributed by atoms with Gasteiger partial charge in [0.1, 0.15) is 12.1 Å².